The number of rotatable bonds is 0. The van der Waals surface area contributed by atoms with Crippen LogP contribution in [-0.4, -0.2) is 13.1 Å². The van der Waals surface area contributed by atoms with Crippen LogP contribution in [0.4, 0.5) is 4.39 Å². The van der Waals surface area contributed by atoms with E-state index < -0.39 is 11.8 Å². The van der Waals surface area contributed by atoms with Crippen molar-refractivity contribution in [2.45, 2.75) is 6.92 Å². The number of benzene rings is 1. The molecule has 0 radical (unpaired) electrons. The van der Waals surface area contributed by atoms with Gasteiger partial charge in [0, 0.05) is 5.92 Å². The van der Waals surface area contributed by atoms with Crippen LogP contribution in [0, 0.1) is 24.6 Å². The molecule has 0 fully saturated rings. The smallest absolute Gasteiger partial charge is 0.384 e. The van der Waals surface area contributed by atoms with Gasteiger partial charge in [0.05, 0.1) is 12.7 Å². The molecule has 0 atom stereocenters. The number of aryl methyl sites for hydroxylation is 1. The van der Waals surface area contributed by atoms with Crippen molar-refractivity contribution in [2.24, 2.45) is 0 Å². The van der Waals surface area contributed by atoms with Gasteiger partial charge < -0.3 is 4.74 Å². The highest BCUT2D eigenvalue weighted by Crippen LogP contribution is 2.09. The van der Waals surface area contributed by atoms with Crippen LogP contribution < -0.4 is 0 Å². The Hall–Kier alpha value is -1.82. The average molecular weight is 192 g/mol. The van der Waals surface area contributed by atoms with E-state index in [1.165, 1.54) is 13.2 Å². The van der Waals surface area contributed by atoms with Crippen molar-refractivity contribution >= 4 is 5.97 Å². The van der Waals surface area contributed by atoms with E-state index in [1.807, 2.05) is 0 Å². The van der Waals surface area contributed by atoms with E-state index in [0.717, 1.165) is 0 Å². The summed E-state index contributed by atoms with van der Waals surface area (Å²) in [6.07, 6.45) is 0. The van der Waals surface area contributed by atoms with Crippen molar-refractivity contribution in [3.05, 3.63) is 35.1 Å². The van der Waals surface area contributed by atoms with E-state index in [-0.39, 0.29) is 5.56 Å². The van der Waals surface area contributed by atoms with Gasteiger partial charge in [-0.2, -0.15) is 0 Å². The first-order valence-electron chi connectivity index (χ1n) is 4.00. The molecule has 0 unspecified atom stereocenters. The fraction of sp³-hybridized carbons (Fsp3) is 0.182. The van der Waals surface area contributed by atoms with Crippen LogP contribution in [0.15, 0.2) is 18.2 Å². The lowest BCUT2D eigenvalue weighted by Gasteiger charge is -1.96. The standard InChI is InChI=1S/C11H9FO2/c1-8-4-3-5-9(11(8)12)6-7-10(13)14-2/h3-5H,1-2H3. The summed E-state index contributed by atoms with van der Waals surface area (Å²) in [6.45, 7) is 1.64. The predicted octanol–water partition coefficient (Wildman–Crippen LogP) is 1.66. The highest BCUT2D eigenvalue weighted by Gasteiger charge is 2.01. The molecule has 3 heteroatoms. The largest absolute Gasteiger partial charge is 0.459 e. The molecular weight excluding hydrogens is 183 g/mol. The van der Waals surface area contributed by atoms with Gasteiger partial charge in [0.25, 0.3) is 0 Å². The van der Waals surface area contributed by atoms with Gasteiger partial charge in [-0.3, -0.25) is 0 Å². The minimum Gasteiger partial charge on any atom is -0.459 e. The second-order valence-electron chi connectivity index (χ2n) is 2.68. The first-order chi connectivity index (χ1) is 6.65. The van der Waals surface area contributed by atoms with Crippen LogP contribution in [0.2, 0.25) is 0 Å². The third-order valence-electron chi connectivity index (χ3n) is 1.68. The summed E-state index contributed by atoms with van der Waals surface area (Å²) in [5.41, 5.74) is 0.706. The second kappa shape index (κ2) is 4.43. The number of esters is 1. The Morgan fingerprint density at radius 2 is 2.21 bits per heavy atom. The molecule has 14 heavy (non-hydrogen) atoms. The number of methoxy groups -OCH3 is 1. The quantitative estimate of drug-likeness (QED) is 0.461. The summed E-state index contributed by atoms with van der Waals surface area (Å²) in [5, 5.41) is 0. The van der Waals surface area contributed by atoms with Crippen molar-refractivity contribution in [2.75, 3.05) is 7.11 Å². The molecule has 0 aliphatic rings. The minimum atomic E-state index is -0.675. The molecule has 0 bridgehead atoms. The lowest BCUT2D eigenvalue weighted by Crippen LogP contribution is -1.95. The Morgan fingerprint density at radius 3 is 2.86 bits per heavy atom. The van der Waals surface area contributed by atoms with Gasteiger partial charge in [-0.15, -0.1) is 0 Å². The van der Waals surface area contributed by atoms with Crippen LogP contribution in [0.3, 0.4) is 0 Å². The topological polar surface area (TPSA) is 26.3 Å². The summed E-state index contributed by atoms with van der Waals surface area (Å²) in [7, 11) is 1.23. The average Bonchev–Trinajstić information content (AvgIpc) is 2.20. The molecule has 1 aromatic rings. The summed E-state index contributed by atoms with van der Waals surface area (Å²) < 4.78 is 17.6. The normalized spacial score (nSPS) is 8.79. The molecule has 0 aromatic heterocycles. The van der Waals surface area contributed by atoms with Crippen molar-refractivity contribution in [3.8, 4) is 11.8 Å². The van der Waals surface area contributed by atoms with Gasteiger partial charge in [-0.25, -0.2) is 9.18 Å². The Balaban J connectivity index is 3.01. The monoisotopic (exact) mass is 192 g/mol. The molecule has 0 saturated heterocycles. The van der Waals surface area contributed by atoms with Crippen LogP contribution in [0.5, 0.6) is 0 Å². The molecule has 0 N–H and O–H groups in total. The number of halogens is 1. The highest BCUT2D eigenvalue weighted by atomic mass is 19.1. The fourth-order valence-electron chi connectivity index (χ4n) is 0.913. The zero-order valence-corrected chi connectivity index (χ0v) is 7.93. The third-order valence-corrected chi connectivity index (χ3v) is 1.68. The summed E-state index contributed by atoms with van der Waals surface area (Å²) in [4.78, 5) is 10.7. The van der Waals surface area contributed by atoms with Crippen LogP contribution in [-0.2, 0) is 9.53 Å². The highest BCUT2D eigenvalue weighted by molar-refractivity contribution is 5.89. The number of hydrogen-bond acceptors (Lipinski definition) is 2. The molecule has 2 nitrogen and oxygen atoms in total. The molecule has 1 rings (SSSR count). The molecule has 1 aromatic carbocycles. The number of carbonyl (C=O) groups is 1. The maximum atomic E-state index is 13.3. The summed E-state index contributed by atoms with van der Waals surface area (Å²) in [6, 6.07) is 4.83. The number of hydrogen-bond donors (Lipinski definition) is 0. The van der Waals surface area contributed by atoms with E-state index in [1.54, 1.807) is 19.1 Å². The molecule has 0 amide bonds. The summed E-state index contributed by atoms with van der Waals surface area (Å²) >= 11 is 0. The maximum Gasteiger partial charge on any atom is 0.384 e. The Kier molecular flexibility index (Phi) is 3.24. The van der Waals surface area contributed by atoms with Crippen molar-refractivity contribution < 1.29 is 13.9 Å². The van der Waals surface area contributed by atoms with Crippen LogP contribution >= 0.6 is 0 Å². The van der Waals surface area contributed by atoms with Crippen molar-refractivity contribution in [3.63, 3.8) is 0 Å². The Labute approximate surface area is 81.7 Å². The van der Waals surface area contributed by atoms with Gasteiger partial charge in [0.2, 0.25) is 0 Å². The molecule has 0 aliphatic carbocycles. The molecule has 72 valence electrons. The van der Waals surface area contributed by atoms with Gasteiger partial charge in [0.15, 0.2) is 0 Å². The van der Waals surface area contributed by atoms with Crippen molar-refractivity contribution in [1.82, 2.24) is 0 Å². The molecular formula is C11H9FO2. The second-order valence-corrected chi connectivity index (χ2v) is 2.68. The SMILES string of the molecule is COC(=O)C#Cc1cccc(C)c1F. The van der Waals surface area contributed by atoms with E-state index in [4.69, 9.17) is 0 Å². The first kappa shape index (κ1) is 10.3. The Morgan fingerprint density at radius 1 is 1.50 bits per heavy atom. The zero-order chi connectivity index (χ0) is 10.6. The zero-order valence-electron chi connectivity index (χ0n) is 7.93. The van der Waals surface area contributed by atoms with Gasteiger partial charge in [0.1, 0.15) is 5.82 Å². The van der Waals surface area contributed by atoms with Crippen molar-refractivity contribution in [1.29, 1.82) is 0 Å². The fourth-order valence-corrected chi connectivity index (χ4v) is 0.913. The molecule has 0 aliphatic heterocycles. The van der Waals surface area contributed by atoms with Gasteiger partial charge in [-0.05, 0) is 18.6 Å². The predicted molar refractivity (Wildman–Crippen MR) is 50.0 cm³/mol. The third kappa shape index (κ3) is 2.33. The molecule has 0 heterocycles. The van der Waals surface area contributed by atoms with Gasteiger partial charge in [-0.1, -0.05) is 18.1 Å². The molecule has 0 saturated carbocycles. The summed E-state index contributed by atoms with van der Waals surface area (Å²) in [5.74, 6) is 3.50. The van der Waals surface area contributed by atoms with E-state index in [2.05, 4.69) is 16.6 Å². The number of ether oxygens (including phenoxy) is 1. The van der Waals surface area contributed by atoms with Gasteiger partial charge >= 0.3 is 5.97 Å². The van der Waals surface area contributed by atoms with E-state index in [0.29, 0.717) is 5.56 Å². The molecule has 0 spiro atoms. The van der Waals surface area contributed by atoms with Crippen LogP contribution in [0.25, 0.3) is 0 Å². The van der Waals surface area contributed by atoms with E-state index in [9.17, 15) is 9.18 Å². The Bertz CT molecular complexity index is 413. The van der Waals surface area contributed by atoms with Crippen LogP contribution in [0.1, 0.15) is 11.1 Å². The van der Waals surface area contributed by atoms with E-state index >= 15 is 0 Å². The minimum absolute atomic E-state index is 0.204. The number of carbonyl (C=O) groups excluding carboxylic acids is 1. The maximum absolute atomic E-state index is 13.3. The first-order valence-corrected chi connectivity index (χ1v) is 4.00. The lowest BCUT2D eigenvalue weighted by molar-refractivity contribution is -0.133. The lowest BCUT2D eigenvalue weighted by atomic mass is 10.1.